The van der Waals surface area contributed by atoms with Gasteiger partial charge in [0, 0.05) is 37.1 Å². The van der Waals surface area contributed by atoms with Crippen LogP contribution in [0.2, 0.25) is 0 Å². The molecule has 8 heteroatoms. The van der Waals surface area contributed by atoms with Gasteiger partial charge in [-0.05, 0) is 62.1 Å². The predicted molar refractivity (Wildman–Crippen MR) is 111 cm³/mol. The van der Waals surface area contributed by atoms with E-state index in [4.69, 9.17) is 0 Å². The summed E-state index contributed by atoms with van der Waals surface area (Å²) in [6, 6.07) is 9.43. The Labute approximate surface area is 174 Å². The Bertz CT molecular complexity index is 1050. The average molecular weight is 404 g/mol. The number of aryl methyl sites for hydroxylation is 2. The van der Waals surface area contributed by atoms with E-state index in [0.29, 0.717) is 37.2 Å². The predicted octanol–water partition coefficient (Wildman–Crippen LogP) is 2.31. The van der Waals surface area contributed by atoms with Crippen molar-refractivity contribution in [3.8, 4) is 5.69 Å². The van der Waals surface area contributed by atoms with E-state index < -0.39 is 0 Å². The van der Waals surface area contributed by atoms with Gasteiger partial charge in [-0.1, -0.05) is 11.3 Å². The zero-order chi connectivity index (χ0) is 21.1. The molecule has 0 saturated carbocycles. The highest BCUT2D eigenvalue weighted by Gasteiger charge is 2.26. The first-order valence-corrected chi connectivity index (χ1v) is 10.0. The largest absolute Gasteiger partial charge is 0.349 e. The van der Waals surface area contributed by atoms with Crippen LogP contribution >= 0.6 is 0 Å². The zero-order valence-electron chi connectivity index (χ0n) is 17.1. The highest BCUT2D eigenvalue weighted by molar-refractivity contribution is 5.94. The first-order chi connectivity index (χ1) is 14.5. The highest BCUT2D eigenvalue weighted by atomic mass is 16.2. The van der Waals surface area contributed by atoms with Gasteiger partial charge >= 0.3 is 0 Å². The molecule has 0 unspecified atom stereocenters. The van der Waals surface area contributed by atoms with Crippen LogP contribution in [0.25, 0.3) is 5.69 Å². The van der Waals surface area contributed by atoms with E-state index in [0.717, 1.165) is 11.3 Å². The van der Waals surface area contributed by atoms with Crippen molar-refractivity contribution in [2.24, 2.45) is 0 Å². The third-order valence-corrected chi connectivity index (χ3v) is 5.53. The molecule has 1 aliphatic rings. The molecule has 0 spiro atoms. The number of carbonyl (C=O) groups excluding carboxylic acids is 2. The van der Waals surface area contributed by atoms with Gasteiger partial charge in [0.15, 0.2) is 5.69 Å². The fourth-order valence-electron chi connectivity index (χ4n) is 3.52. The van der Waals surface area contributed by atoms with E-state index in [1.165, 1.54) is 5.56 Å². The Morgan fingerprint density at radius 2 is 1.77 bits per heavy atom. The second-order valence-electron chi connectivity index (χ2n) is 7.59. The fraction of sp³-hybridized carbons (Fsp3) is 0.318. The standard InChI is InChI=1S/C22H24N6O2/c1-15-3-4-19(13-16(15)2)28-14-20(25-26-28)22(30)27-11-7-18(8-12-27)24-21(29)17-5-9-23-10-6-17/h3-6,9-10,13-14,18H,7-8,11-12H2,1-2H3,(H,24,29). The van der Waals surface area contributed by atoms with E-state index in [-0.39, 0.29) is 17.9 Å². The van der Waals surface area contributed by atoms with Crippen molar-refractivity contribution >= 4 is 11.8 Å². The van der Waals surface area contributed by atoms with E-state index in [2.05, 4.69) is 27.5 Å². The molecule has 30 heavy (non-hydrogen) atoms. The van der Waals surface area contributed by atoms with Crippen LogP contribution in [0, 0.1) is 13.8 Å². The topological polar surface area (TPSA) is 93.0 Å². The van der Waals surface area contributed by atoms with Crippen molar-refractivity contribution in [1.82, 2.24) is 30.2 Å². The molecule has 2 amide bonds. The molecule has 2 aromatic heterocycles. The Hall–Kier alpha value is -3.55. The first-order valence-electron chi connectivity index (χ1n) is 10.0. The average Bonchev–Trinajstić information content (AvgIpc) is 3.26. The lowest BCUT2D eigenvalue weighted by molar-refractivity contribution is 0.0692. The van der Waals surface area contributed by atoms with Crippen LogP contribution in [-0.2, 0) is 0 Å². The Kier molecular flexibility index (Phi) is 5.56. The second kappa shape index (κ2) is 8.44. The van der Waals surface area contributed by atoms with Crippen LogP contribution in [0.3, 0.4) is 0 Å². The molecule has 8 nitrogen and oxygen atoms in total. The maximum absolute atomic E-state index is 12.8. The number of rotatable bonds is 4. The maximum Gasteiger partial charge on any atom is 0.276 e. The molecule has 4 rings (SSSR count). The van der Waals surface area contributed by atoms with E-state index in [1.54, 1.807) is 40.3 Å². The number of carbonyl (C=O) groups is 2. The molecule has 3 aromatic rings. The SMILES string of the molecule is Cc1ccc(-n2cc(C(=O)N3CCC(NC(=O)c4ccncc4)CC3)nn2)cc1C. The fourth-order valence-corrected chi connectivity index (χ4v) is 3.52. The van der Waals surface area contributed by atoms with Gasteiger partial charge in [0.2, 0.25) is 0 Å². The highest BCUT2D eigenvalue weighted by Crippen LogP contribution is 2.16. The summed E-state index contributed by atoms with van der Waals surface area (Å²) < 4.78 is 1.63. The summed E-state index contributed by atoms with van der Waals surface area (Å²) in [7, 11) is 0. The van der Waals surface area contributed by atoms with Crippen LogP contribution in [0.15, 0.2) is 48.9 Å². The molecule has 1 N–H and O–H groups in total. The number of aromatic nitrogens is 4. The molecule has 1 saturated heterocycles. The van der Waals surface area contributed by atoms with Gasteiger partial charge in [0.25, 0.3) is 11.8 Å². The van der Waals surface area contributed by atoms with Crippen LogP contribution < -0.4 is 5.32 Å². The number of piperidine rings is 1. The molecule has 3 heterocycles. The van der Waals surface area contributed by atoms with E-state index in [1.807, 2.05) is 25.1 Å². The minimum atomic E-state index is -0.135. The van der Waals surface area contributed by atoms with Crippen LogP contribution in [0.4, 0.5) is 0 Å². The molecule has 154 valence electrons. The third kappa shape index (κ3) is 4.22. The van der Waals surface area contributed by atoms with Crippen molar-refractivity contribution in [2.45, 2.75) is 32.7 Å². The van der Waals surface area contributed by atoms with Gasteiger partial charge in [-0.15, -0.1) is 5.10 Å². The molecule has 0 aliphatic carbocycles. The zero-order valence-corrected chi connectivity index (χ0v) is 17.1. The molecule has 0 radical (unpaired) electrons. The number of benzene rings is 1. The first kappa shape index (κ1) is 19.8. The van der Waals surface area contributed by atoms with Crippen molar-refractivity contribution in [2.75, 3.05) is 13.1 Å². The number of hydrogen-bond donors (Lipinski definition) is 1. The van der Waals surface area contributed by atoms with Crippen LogP contribution in [0.1, 0.15) is 44.8 Å². The second-order valence-corrected chi connectivity index (χ2v) is 7.59. The molecular formula is C22H24N6O2. The molecule has 1 aromatic carbocycles. The van der Waals surface area contributed by atoms with Gasteiger partial charge in [0.1, 0.15) is 0 Å². The summed E-state index contributed by atoms with van der Waals surface area (Å²) >= 11 is 0. The quantitative estimate of drug-likeness (QED) is 0.720. The minimum Gasteiger partial charge on any atom is -0.349 e. The summed E-state index contributed by atoms with van der Waals surface area (Å²) in [6.07, 6.45) is 6.27. The number of nitrogens with one attached hydrogen (secondary N) is 1. The van der Waals surface area contributed by atoms with Crippen molar-refractivity contribution < 1.29 is 9.59 Å². The summed E-state index contributed by atoms with van der Waals surface area (Å²) in [5.74, 6) is -0.248. The van der Waals surface area contributed by atoms with Crippen molar-refractivity contribution in [1.29, 1.82) is 0 Å². The smallest absolute Gasteiger partial charge is 0.276 e. The lowest BCUT2D eigenvalue weighted by Gasteiger charge is -2.31. The lowest BCUT2D eigenvalue weighted by Crippen LogP contribution is -2.46. The van der Waals surface area contributed by atoms with Crippen LogP contribution in [-0.4, -0.2) is 55.8 Å². The monoisotopic (exact) mass is 404 g/mol. The Morgan fingerprint density at radius 1 is 1.03 bits per heavy atom. The molecule has 0 atom stereocenters. The minimum absolute atomic E-state index is 0.0425. The number of likely N-dealkylation sites (tertiary alicyclic amines) is 1. The summed E-state index contributed by atoms with van der Waals surface area (Å²) in [4.78, 5) is 30.8. The molecular weight excluding hydrogens is 380 g/mol. The number of nitrogens with zero attached hydrogens (tertiary/aromatic N) is 5. The number of pyridine rings is 1. The summed E-state index contributed by atoms with van der Waals surface area (Å²) in [5, 5.41) is 11.2. The third-order valence-electron chi connectivity index (χ3n) is 5.53. The van der Waals surface area contributed by atoms with Crippen LogP contribution in [0.5, 0.6) is 0 Å². The maximum atomic E-state index is 12.8. The van der Waals surface area contributed by atoms with Crippen molar-refractivity contribution in [3.63, 3.8) is 0 Å². The normalized spacial score (nSPS) is 14.5. The summed E-state index contributed by atoms with van der Waals surface area (Å²) in [5.41, 5.74) is 4.15. The van der Waals surface area contributed by atoms with E-state index in [9.17, 15) is 9.59 Å². The molecule has 1 aliphatic heterocycles. The van der Waals surface area contributed by atoms with Gasteiger partial charge in [0.05, 0.1) is 11.9 Å². The lowest BCUT2D eigenvalue weighted by atomic mass is 10.0. The number of amides is 2. The molecule has 0 bridgehead atoms. The van der Waals surface area contributed by atoms with Gasteiger partial charge in [-0.3, -0.25) is 14.6 Å². The van der Waals surface area contributed by atoms with E-state index >= 15 is 0 Å². The molecule has 1 fully saturated rings. The summed E-state index contributed by atoms with van der Waals surface area (Å²) in [6.45, 7) is 5.23. The van der Waals surface area contributed by atoms with Gasteiger partial charge in [-0.2, -0.15) is 0 Å². The van der Waals surface area contributed by atoms with Crippen molar-refractivity contribution in [3.05, 3.63) is 71.3 Å². The Balaban J connectivity index is 1.35. The van der Waals surface area contributed by atoms with Gasteiger partial charge < -0.3 is 10.2 Å². The Morgan fingerprint density at radius 3 is 2.47 bits per heavy atom. The number of hydrogen-bond acceptors (Lipinski definition) is 5. The van der Waals surface area contributed by atoms with Gasteiger partial charge in [-0.25, -0.2) is 4.68 Å².